The van der Waals surface area contributed by atoms with Crippen LogP contribution in [0.5, 0.6) is 0 Å². The van der Waals surface area contributed by atoms with Crippen LogP contribution in [-0.4, -0.2) is 28.1 Å². The molecule has 0 fully saturated rings. The molecule has 0 bridgehead atoms. The van der Waals surface area contributed by atoms with E-state index in [0.29, 0.717) is 11.4 Å². The fourth-order valence-corrected chi connectivity index (χ4v) is 1.74. The number of alkyl halides is 3. The Bertz CT molecular complexity index is 819. The molecule has 0 saturated heterocycles. The van der Waals surface area contributed by atoms with E-state index in [1.165, 1.54) is 30.5 Å². The maximum atomic E-state index is 12.5. The van der Waals surface area contributed by atoms with Crippen LogP contribution < -0.4 is 5.43 Å². The van der Waals surface area contributed by atoms with Crippen LogP contribution in [0.1, 0.15) is 12.6 Å². The number of nitrogens with one attached hydrogen (secondary N) is 1. The van der Waals surface area contributed by atoms with Gasteiger partial charge in [0.2, 0.25) is 5.71 Å². The number of carbonyl (C=O) groups is 1. The second kappa shape index (κ2) is 7.48. The molecule has 0 aliphatic carbocycles. The largest absolute Gasteiger partial charge is 0.461 e. The highest BCUT2D eigenvalue weighted by atomic mass is 19.4. The van der Waals surface area contributed by atoms with Gasteiger partial charge in [0.05, 0.1) is 18.0 Å². The zero-order valence-electron chi connectivity index (χ0n) is 12.9. The number of halogens is 3. The summed E-state index contributed by atoms with van der Waals surface area (Å²) in [5, 5.41) is 15.9. The first-order valence-corrected chi connectivity index (χ1v) is 6.99. The molecule has 0 aliphatic rings. The molecule has 0 atom stereocenters. The zero-order chi connectivity index (χ0) is 18.4. The van der Waals surface area contributed by atoms with Gasteiger partial charge in [-0.15, -0.1) is 0 Å². The summed E-state index contributed by atoms with van der Waals surface area (Å²) >= 11 is 0. The van der Waals surface area contributed by atoms with Crippen molar-refractivity contribution < 1.29 is 22.7 Å². The van der Waals surface area contributed by atoms with Gasteiger partial charge in [0, 0.05) is 6.20 Å². The Kier molecular flexibility index (Phi) is 5.38. The van der Waals surface area contributed by atoms with Gasteiger partial charge in [0.15, 0.2) is 5.69 Å². The minimum atomic E-state index is -4.51. The quantitative estimate of drug-likeness (QED) is 0.508. The van der Waals surface area contributed by atoms with E-state index in [1.807, 2.05) is 0 Å². The summed E-state index contributed by atoms with van der Waals surface area (Å²) in [6.07, 6.45) is -3.32. The molecule has 0 aliphatic heterocycles. The third kappa shape index (κ3) is 4.57. The van der Waals surface area contributed by atoms with Crippen LogP contribution in [0.2, 0.25) is 0 Å². The molecular weight excluding hydrogens is 339 g/mol. The summed E-state index contributed by atoms with van der Waals surface area (Å²) in [4.78, 5) is 11.4. The molecule has 0 amide bonds. The third-order valence-corrected chi connectivity index (χ3v) is 2.88. The van der Waals surface area contributed by atoms with Gasteiger partial charge in [0.1, 0.15) is 6.07 Å². The fraction of sp³-hybridized carbons (Fsp3) is 0.200. The Morgan fingerprint density at radius 2 is 2.04 bits per heavy atom. The van der Waals surface area contributed by atoms with Crippen molar-refractivity contribution in [2.75, 3.05) is 12.0 Å². The summed E-state index contributed by atoms with van der Waals surface area (Å²) < 4.78 is 43.4. The summed E-state index contributed by atoms with van der Waals surface area (Å²) in [6.45, 7) is 1.70. The van der Waals surface area contributed by atoms with Gasteiger partial charge < -0.3 is 4.74 Å². The number of hydrogen-bond donors (Lipinski definition) is 1. The summed E-state index contributed by atoms with van der Waals surface area (Å²) in [7, 11) is 0. The summed E-state index contributed by atoms with van der Waals surface area (Å²) in [6, 6.07) is 8.49. The number of anilines is 1. The van der Waals surface area contributed by atoms with Crippen LogP contribution >= 0.6 is 0 Å². The smallest absolute Gasteiger partial charge is 0.435 e. The standard InChI is InChI=1S/C15H12F3N5O2/c1-2-25-14(24)12(9-19)21-20-10-3-5-11(6-4-10)23-8-7-13(22-23)15(16,17)18/h3-8,20H,2H2,1H3. The predicted molar refractivity (Wildman–Crippen MR) is 81.9 cm³/mol. The Balaban J connectivity index is 2.11. The topological polar surface area (TPSA) is 92.3 Å². The number of aromatic nitrogens is 2. The van der Waals surface area contributed by atoms with E-state index in [0.717, 1.165) is 10.7 Å². The lowest BCUT2D eigenvalue weighted by molar-refractivity contribution is -0.141. The zero-order valence-corrected chi connectivity index (χ0v) is 12.9. The van der Waals surface area contributed by atoms with Gasteiger partial charge in [-0.3, -0.25) is 5.43 Å². The minimum absolute atomic E-state index is 0.109. The molecule has 0 saturated carbocycles. The normalized spacial score (nSPS) is 11.7. The molecule has 0 unspecified atom stereocenters. The molecule has 2 aromatic rings. The fourth-order valence-electron chi connectivity index (χ4n) is 1.74. The number of hydrazone groups is 1. The number of nitriles is 1. The maximum Gasteiger partial charge on any atom is 0.435 e. The van der Waals surface area contributed by atoms with Gasteiger partial charge in [-0.2, -0.15) is 28.6 Å². The number of rotatable bonds is 5. The van der Waals surface area contributed by atoms with E-state index in [9.17, 15) is 18.0 Å². The number of ether oxygens (including phenoxy) is 1. The summed E-state index contributed by atoms with van der Waals surface area (Å²) in [5.41, 5.74) is 1.87. The van der Waals surface area contributed by atoms with E-state index in [2.05, 4.69) is 20.4 Å². The van der Waals surface area contributed by atoms with Crippen molar-refractivity contribution in [2.45, 2.75) is 13.1 Å². The van der Waals surface area contributed by atoms with E-state index < -0.39 is 23.6 Å². The molecular formula is C15H12F3N5O2. The molecule has 7 nitrogen and oxygen atoms in total. The number of benzene rings is 1. The van der Waals surface area contributed by atoms with Crippen LogP contribution in [0.4, 0.5) is 18.9 Å². The second-order valence-electron chi connectivity index (χ2n) is 4.59. The van der Waals surface area contributed by atoms with Crippen LogP contribution in [0.25, 0.3) is 5.69 Å². The van der Waals surface area contributed by atoms with Crippen molar-refractivity contribution >= 4 is 17.4 Å². The van der Waals surface area contributed by atoms with Gasteiger partial charge in [-0.25, -0.2) is 9.48 Å². The Labute approximate surface area is 140 Å². The molecule has 25 heavy (non-hydrogen) atoms. The molecule has 10 heteroatoms. The highest BCUT2D eigenvalue weighted by Gasteiger charge is 2.33. The van der Waals surface area contributed by atoms with Crippen molar-refractivity contribution in [3.05, 3.63) is 42.2 Å². The van der Waals surface area contributed by atoms with Crippen LogP contribution in [-0.2, 0) is 15.7 Å². The Morgan fingerprint density at radius 3 is 2.56 bits per heavy atom. The van der Waals surface area contributed by atoms with E-state index in [4.69, 9.17) is 5.26 Å². The van der Waals surface area contributed by atoms with Gasteiger partial charge in [-0.05, 0) is 37.3 Å². The highest BCUT2D eigenvalue weighted by molar-refractivity contribution is 6.43. The van der Waals surface area contributed by atoms with Crippen molar-refractivity contribution in [2.24, 2.45) is 5.10 Å². The number of esters is 1. The van der Waals surface area contributed by atoms with Gasteiger partial charge >= 0.3 is 12.1 Å². The first-order chi connectivity index (χ1) is 11.8. The van der Waals surface area contributed by atoms with E-state index >= 15 is 0 Å². The Morgan fingerprint density at radius 1 is 1.36 bits per heavy atom. The number of carbonyl (C=O) groups excluding carboxylic acids is 1. The molecule has 0 spiro atoms. The number of nitrogens with zero attached hydrogens (tertiary/aromatic N) is 4. The summed E-state index contributed by atoms with van der Waals surface area (Å²) in [5.74, 6) is -0.856. The lowest BCUT2D eigenvalue weighted by Crippen LogP contribution is -2.17. The monoisotopic (exact) mass is 351 g/mol. The first kappa shape index (κ1) is 18.0. The Hall–Kier alpha value is -3.35. The molecule has 1 aromatic heterocycles. The van der Waals surface area contributed by atoms with Crippen LogP contribution in [0.15, 0.2) is 41.6 Å². The molecule has 130 valence electrons. The predicted octanol–water partition coefficient (Wildman–Crippen LogP) is 2.75. The van der Waals surface area contributed by atoms with Crippen LogP contribution in [0.3, 0.4) is 0 Å². The number of hydrogen-bond acceptors (Lipinski definition) is 6. The van der Waals surface area contributed by atoms with Crippen molar-refractivity contribution in [3.63, 3.8) is 0 Å². The van der Waals surface area contributed by atoms with Crippen molar-refractivity contribution in [1.29, 1.82) is 5.26 Å². The minimum Gasteiger partial charge on any atom is -0.461 e. The van der Waals surface area contributed by atoms with E-state index in [-0.39, 0.29) is 6.61 Å². The lowest BCUT2D eigenvalue weighted by atomic mass is 10.3. The maximum absolute atomic E-state index is 12.5. The first-order valence-electron chi connectivity index (χ1n) is 6.99. The molecule has 1 heterocycles. The third-order valence-electron chi connectivity index (χ3n) is 2.88. The molecule has 1 aromatic carbocycles. The van der Waals surface area contributed by atoms with Crippen molar-refractivity contribution in [1.82, 2.24) is 9.78 Å². The van der Waals surface area contributed by atoms with Crippen molar-refractivity contribution in [3.8, 4) is 11.8 Å². The van der Waals surface area contributed by atoms with Gasteiger partial charge in [-0.1, -0.05) is 0 Å². The average Bonchev–Trinajstić information content (AvgIpc) is 3.06. The van der Waals surface area contributed by atoms with Gasteiger partial charge in [0.25, 0.3) is 0 Å². The second-order valence-corrected chi connectivity index (χ2v) is 4.59. The molecule has 1 N–H and O–H groups in total. The SMILES string of the molecule is CCOC(=O)C(C#N)=NNc1ccc(-n2ccc(C(F)(F)F)n2)cc1. The molecule has 2 rings (SSSR count). The molecule has 0 radical (unpaired) electrons. The average molecular weight is 351 g/mol. The highest BCUT2D eigenvalue weighted by Crippen LogP contribution is 2.28. The lowest BCUT2D eigenvalue weighted by Gasteiger charge is -2.05. The van der Waals surface area contributed by atoms with Crippen LogP contribution in [0, 0.1) is 11.3 Å². The van der Waals surface area contributed by atoms with E-state index in [1.54, 1.807) is 13.0 Å².